The first-order valence-corrected chi connectivity index (χ1v) is 13.6. The van der Waals surface area contributed by atoms with Crippen LogP contribution in [0.2, 0.25) is 0 Å². The smallest absolute Gasteiger partial charge is 0.408 e. The number of ketones is 1. The van der Waals surface area contributed by atoms with Crippen molar-refractivity contribution in [2.45, 2.75) is 52.0 Å². The fourth-order valence-electron chi connectivity index (χ4n) is 4.33. The van der Waals surface area contributed by atoms with Crippen LogP contribution < -0.4 is 10.6 Å². The van der Waals surface area contributed by atoms with E-state index >= 15 is 0 Å². The normalized spacial score (nSPS) is 12.6. The molecule has 0 fully saturated rings. The van der Waals surface area contributed by atoms with Crippen molar-refractivity contribution in [3.8, 4) is 0 Å². The number of Topliss-reactive ketones (excluding diaryl/α,β-unsaturated/α-hetero) is 1. The maximum atomic E-state index is 13.4. The molecule has 3 N–H and O–H groups in total. The van der Waals surface area contributed by atoms with Crippen molar-refractivity contribution < 1.29 is 23.9 Å². The molecule has 1 heterocycles. The Morgan fingerprint density at radius 1 is 0.829 bits per heavy atom. The van der Waals surface area contributed by atoms with E-state index < -0.39 is 24.1 Å². The van der Waals surface area contributed by atoms with Crippen molar-refractivity contribution in [1.82, 2.24) is 26.0 Å². The topological polar surface area (TPSA) is 135 Å². The Balaban J connectivity index is 1.38. The van der Waals surface area contributed by atoms with Gasteiger partial charge in [-0.15, -0.1) is 5.10 Å². The molecule has 214 valence electrons. The highest BCUT2D eigenvalue weighted by Gasteiger charge is 2.28. The van der Waals surface area contributed by atoms with Gasteiger partial charge in [-0.05, 0) is 47.6 Å². The fourth-order valence-corrected chi connectivity index (χ4v) is 4.33. The largest absolute Gasteiger partial charge is 0.445 e. The lowest BCUT2D eigenvalue weighted by molar-refractivity contribution is -0.131. The number of carbonyl (C=O) groups excluding carboxylic acids is 3. The Kier molecular flexibility index (Phi) is 10.6. The number of nitrogens with zero attached hydrogens (tertiary/aromatic N) is 2. The molecule has 0 saturated carbocycles. The number of aromatic amines is 1. The van der Waals surface area contributed by atoms with E-state index in [4.69, 9.17) is 9.47 Å². The minimum atomic E-state index is -0.875. The van der Waals surface area contributed by atoms with Gasteiger partial charge in [0.2, 0.25) is 5.91 Å². The second-order valence-corrected chi connectivity index (χ2v) is 10.3. The number of H-pyrrole nitrogens is 1. The van der Waals surface area contributed by atoms with Crippen LogP contribution in [0.1, 0.15) is 37.0 Å². The predicted molar refractivity (Wildman–Crippen MR) is 154 cm³/mol. The van der Waals surface area contributed by atoms with Crippen LogP contribution in [0, 0.1) is 5.92 Å². The van der Waals surface area contributed by atoms with Gasteiger partial charge >= 0.3 is 6.09 Å². The molecule has 10 nitrogen and oxygen atoms in total. The highest BCUT2D eigenvalue weighted by molar-refractivity contribution is 5.93. The lowest BCUT2D eigenvalue weighted by Gasteiger charge is -2.24. The van der Waals surface area contributed by atoms with Crippen LogP contribution in [0.3, 0.4) is 0 Å². The zero-order valence-electron chi connectivity index (χ0n) is 23.2. The monoisotopic (exact) mass is 557 g/mol. The van der Waals surface area contributed by atoms with Crippen molar-refractivity contribution >= 4 is 28.8 Å². The highest BCUT2D eigenvalue weighted by Crippen LogP contribution is 2.13. The SMILES string of the molecule is CC(C)C[C@H](NC(=O)OCc1ccccc1)C(=O)N[C@@H](Cc1ccccc1)C(=O)COCc1ccc2nn[nH]c2c1. The van der Waals surface area contributed by atoms with E-state index in [-0.39, 0.29) is 37.9 Å². The van der Waals surface area contributed by atoms with Crippen LogP contribution in [0.5, 0.6) is 0 Å². The molecule has 2 amide bonds. The number of rotatable bonds is 14. The van der Waals surface area contributed by atoms with E-state index in [9.17, 15) is 14.4 Å². The Bertz CT molecular complexity index is 1420. The first kappa shape index (κ1) is 29.4. The number of aromatic nitrogens is 3. The Morgan fingerprint density at radius 2 is 1.54 bits per heavy atom. The van der Waals surface area contributed by atoms with E-state index in [2.05, 4.69) is 26.0 Å². The maximum Gasteiger partial charge on any atom is 0.408 e. The van der Waals surface area contributed by atoms with E-state index in [1.54, 1.807) is 0 Å². The van der Waals surface area contributed by atoms with Crippen molar-refractivity contribution in [3.05, 3.63) is 95.6 Å². The minimum absolute atomic E-state index is 0.0823. The number of nitrogens with one attached hydrogen (secondary N) is 3. The van der Waals surface area contributed by atoms with Gasteiger partial charge in [-0.1, -0.05) is 85.8 Å². The summed E-state index contributed by atoms with van der Waals surface area (Å²) in [7, 11) is 0. The molecule has 4 aromatic rings. The summed E-state index contributed by atoms with van der Waals surface area (Å²) in [6, 6.07) is 22.5. The third-order valence-corrected chi connectivity index (χ3v) is 6.42. The van der Waals surface area contributed by atoms with Gasteiger partial charge in [0.1, 0.15) is 24.8 Å². The van der Waals surface area contributed by atoms with Gasteiger partial charge in [0.25, 0.3) is 0 Å². The van der Waals surface area contributed by atoms with Crippen LogP contribution in [0.25, 0.3) is 11.0 Å². The molecule has 10 heteroatoms. The zero-order chi connectivity index (χ0) is 29.0. The molecule has 0 spiro atoms. The summed E-state index contributed by atoms with van der Waals surface area (Å²) in [6.07, 6.45) is -0.0405. The molecular weight excluding hydrogens is 522 g/mol. The summed E-state index contributed by atoms with van der Waals surface area (Å²) < 4.78 is 11.1. The minimum Gasteiger partial charge on any atom is -0.445 e. The molecule has 0 unspecified atom stereocenters. The number of amides is 2. The number of benzene rings is 3. The molecule has 0 aliphatic carbocycles. The Labute approximate surface area is 238 Å². The van der Waals surface area contributed by atoms with Crippen molar-refractivity contribution in [2.75, 3.05) is 6.61 Å². The number of carbonyl (C=O) groups is 3. The van der Waals surface area contributed by atoms with E-state index in [1.807, 2.05) is 92.7 Å². The summed E-state index contributed by atoms with van der Waals surface area (Å²) in [5.41, 5.74) is 4.10. The summed E-state index contributed by atoms with van der Waals surface area (Å²) in [6.45, 7) is 4.00. The average molecular weight is 558 g/mol. The van der Waals surface area contributed by atoms with Gasteiger partial charge < -0.3 is 20.1 Å². The Hall–Kier alpha value is -4.57. The molecular formula is C31H35N5O5. The first-order valence-electron chi connectivity index (χ1n) is 13.6. The molecule has 1 aromatic heterocycles. The van der Waals surface area contributed by atoms with Gasteiger partial charge in [0.15, 0.2) is 5.78 Å². The average Bonchev–Trinajstić information content (AvgIpc) is 3.44. The second kappa shape index (κ2) is 14.7. The molecule has 0 saturated heterocycles. The van der Waals surface area contributed by atoms with E-state index in [1.165, 1.54) is 0 Å². The van der Waals surface area contributed by atoms with Gasteiger partial charge in [-0.3, -0.25) is 14.7 Å². The fraction of sp³-hybridized carbons (Fsp3) is 0.323. The lowest BCUT2D eigenvalue weighted by atomic mass is 10.00. The van der Waals surface area contributed by atoms with Crippen LogP contribution in [0.4, 0.5) is 4.79 Å². The Morgan fingerprint density at radius 3 is 2.24 bits per heavy atom. The zero-order valence-corrected chi connectivity index (χ0v) is 23.2. The molecule has 0 bridgehead atoms. The maximum absolute atomic E-state index is 13.4. The predicted octanol–water partition coefficient (Wildman–Crippen LogP) is 4.11. The number of hydrogen-bond acceptors (Lipinski definition) is 7. The van der Waals surface area contributed by atoms with Crippen LogP contribution in [-0.2, 0) is 38.7 Å². The molecule has 3 aromatic carbocycles. The van der Waals surface area contributed by atoms with Crippen molar-refractivity contribution in [2.24, 2.45) is 5.92 Å². The van der Waals surface area contributed by atoms with E-state index in [0.717, 1.165) is 27.7 Å². The molecule has 4 rings (SSSR count). The van der Waals surface area contributed by atoms with Crippen molar-refractivity contribution in [3.63, 3.8) is 0 Å². The molecule has 41 heavy (non-hydrogen) atoms. The first-order chi connectivity index (χ1) is 19.9. The third kappa shape index (κ3) is 9.25. The summed E-state index contributed by atoms with van der Waals surface area (Å²) in [4.78, 5) is 39.2. The summed E-state index contributed by atoms with van der Waals surface area (Å²) >= 11 is 0. The third-order valence-electron chi connectivity index (χ3n) is 6.42. The van der Waals surface area contributed by atoms with Crippen LogP contribution >= 0.6 is 0 Å². The number of fused-ring (bicyclic) bond motifs is 1. The van der Waals surface area contributed by atoms with Crippen LogP contribution in [-0.4, -0.2) is 51.9 Å². The summed E-state index contributed by atoms with van der Waals surface area (Å²) in [5.74, 6) is -0.627. The quantitative estimate of drug-likeness (QED) is 0.212. The van der Waals surface area contributed by atoms with Gasteiger partial charge in [0.05, 0.1) is 18.2 Å². The molecule has 0 radical (unpaired) electrons. The van der Waals surface area contributed by atoms with Gasteiger partial charge in [-0.2, -0.15) is 0 Å². The number of hydrogen-bond donors (Lipinski definition) is 3. The molecule has 0 aliphatic heterocycles. The number of ether oxygens (including phenoxy) is 2. The standard InChI is InChI=1S/C31H35N5O5/c1-21(2)15-28(33-31(39)41-19-23-11-7-4-8-12-23)30(38)32-27(16-22-9-5-3-6-10-22)29(37)20-40-18-24-13-14-25-26(17-24)35-36-34-25/h3-14,17,21,27-28H,15-16,18-20H2,1-2H3,(H,32,38)(H,33,39)(H,34,35,36)/t27-,28-/m0/s1. The van der Waals surface area contributed by atoms with Crippen molar-refractivity contribution in [1.29, 1.82) is 0 Å². The second-order valence-electron chi connectivity index (χ2n) is 10.3. The highest BCUT2D eigenvalue weighted by atomic mass is 16.5. The summed E-state index contributed by atoms with van der Waals surface area (Å²) in [5, 5.41) is 16.1. The van der Waals surface area contributed by atoms with Crippen LogP contribution in [0.15, 0.2) is 78.9 Å². The van der Waals surface area contributed by atoms with E-state index in [0.29, 0.717) is 6.42 Å². The van der Waals surface area contributed by atoms with Gasteiger partial charge in [-0.25, -0.2) is 4.79 Å². The number of alkyl carbamates (subject to hydrolysis) is 1. The van der Waals surface area contributed by atoms with Gasteiger partial charge in [0, 0.05) is 0 Å². The molecule has 2 atom stereocenters. The lowest BCUT2D eigenvalue weighted by Crippen LogP contribution is -2.53. The molecule has 0 aliphatic rings.